The molecule has 0 atom stereocenters. The molecule has 136 valence electrons. The normalized spacial score (nSPS) is 10.5. The average Bonchev–Trinajstić information content (AvgIpc) is 3.06. The number of unbranched alkanes of at least 4 members (excludes halogenated alkanes) is 1. The molecule has 0 saturated heterocycles. The molecule has 0 bridgehead atoms. The van der Waals surface area contributed by atoms with Crippen LogP contribution in [0.15, 0.2) is 18.2 Å². The van der Waals surface area contributed by atoms with Crippen molar-refractivity contribution in [2.24, 2.45) is 0 Å². The van der Waals surface area contributed by atoms with Crippen molar-refractivity contribution in [3.63, 3.8) is 0 Å². The Bertz CT molecular complexity index is 688. The van der Waals surface area contributed by atoms with E-state index in [1.807, 2.05) is 13.8 Å². The van der Waals surface area contributed by atoms with Crippen LogP contribution in [-0.4, -0.2) is 29.3 Å². The molecule has 6 nitrogen and oxygen atoms in total. The lowest BCUT2D eigenvalue weighted by Gasteiger charge is -2.12. The van der Waals surface area contributed by atoms with E-state index in [0.717, 1.165) is 30.7 Å². The van der Waals surface area contributed by atoms with Crippen molar-refractivity contribution in [1.82, 2.24) is 10.2 Å². The maximum Gasteiger partial charge on any atom is 0.257 e. The van der Waals surface area contributed by atoms with Gasteiger partial charge in [0.15, 0.2) is 11.5 Å². The van der Waals surface area contributed by atoms with Crippen LogP contribution in [0.2, 0.25) is 0 Å². The third kappa shape index (κ3) is 5.70. The SMILES string of the molecule is CCCCc1nnc(NC(=O)c2ccc(OCCC)c(OCC)c2)s1. The minimum absolute atomic E-state index is 0.235. The Labute approximate surface area is 152 Å². The number of carbonyl (C=O) groups is 1. The van der Waals surface area contributed by atoms with Gasteiger partial charge in [-0.15, -0.1) is 10.2 Å². The molecule has 0 fully saturated rings. The molecular weight excluding hydrogens is 338 g/mol. The number of hydrogen-bond donors (Lipinski definition) is 1. The third-order valence-corrected chi connectivity index (χ3v) is 4.30. The molecule has 1 aromatic carbocycles. The van der Waals surface area contributed by atoms with Gasteiger partial charge in [0.2, 0.25) is 5.13 Å². The van der Waals surface area contributed by atoms with E-state index in [9.17, 15) is 4.79 Å². The fourth-order valence-electron chi connectivity index (χ4n) is 2.15. The molecule has 2 aromatic rings. The molecule has 1 amide bonds. The Morgan fingerprint density at radius 3 is 2.68 bits per heavy atom. The summed E-state index contributed by atoms with van der Waals surface area (Å²) in [6.45, 7) is 7.18. The second kappa shape index (κ2) is 9.98. The molecule has 0 aliphatic rings. The average molecular weight is 363 g/mol. The van der Waals surface area contributed by atoms with Crippen LogP contribution in [0.25, 0.3) is 0 Å². The second-order valence-corrected chi connectivity index (χ2v) is 6.56. The predicted octanol–water partition coefficient (Wildman–Crippen LogP) is 4.32. The molecule has 0 aliphatic heterocycles. The second-order valence-electron chi connectivity index (χ2n) is 5.50. The Balaban J connectivity index is 2.07. The Hall–Kier alpha value is -2.15. The standard InChI is InChI=1S/C18H25N3O3S/c1-4-7-8-16-20-21-18(25-16)19-17(22)13-9-10-14(24-11-5-2)15(12-13)23-6-3/h9-10,12H,4-8,11H2,1-3H3,(H,19,21,22). The van der Waals surface area contributed by atoms with Crippen LogP contribution >= 0.6 is 11.3 Å². The third-order valence-electron chi connectivity index (χ3n) is 3.40. The largest absolute Gasteiger partial charge is 0.490 e. The summed E-state index contributed by atoms with van der Waals surface area (Å²) in [6, 6.07) is 5.19. The first-order chi connectivity index (χ1) is 12.2. The van der Waals surface area contributed by atoms with Crippen LogP contribution < -0.4 is 14.8 Å². The maximum absolute atomic E-state index is 12.5. The molecule has 0 radical (unpaired) electrons. The van der Waals surface area contributed by atoms with Gasteiger partial charge in [0.25, 0.3) is 5.91 Å². The number of hydrogen-bond acceptors (Lipinski definition) is 6. The van der Waals surface area contributed by atoms with Crippen LogP contribution in [0.3, 0.4) is 0 Å². The predicted molar refractivity (Wildman–Crippen MR) is 99.9 cm³/mol. The van der Waals surface area contributed by atoms with Crippen LogP contribution in [0.1, 0.15) is 55.4 Å². The molecule has 25 heavy (non-hydrogen) atoms. The molecular formula is C18H25N3O3S. The van der Waals surface area contributed by atoms with Gasteiger partial charge in [-0.1, -0.05) is 31.6 Å². The van der Waals surface area contributed by atoms with Gasteiger partial charge in [0.05, 0.1) is 13.2 Å². The maximum atomic E-state index is 12.5. The fourth-order valence-corrected chi connectivity index (χ4v) is 2.93. The zero-order valence-electron chi connectivity index (χ0n) is 15.0. The highest BCUT2D eigenvalue weighted by atomic mass is 32.1. The molecule has 0 unspecified atom stereocenters. The van der Waals surface area contributed by atoms with Crippen molar-refractivity contribution in [1.29, 1.82) is 0 Å². The quantitative estimate of drug-likeness (QED) is 0.680. The number of aryl methyl sites for hydroxylation is 1. The molecule has 1 heterocycles. The van der Waals surface area contributed by atoms with E-state index in [1.54, 1.807) is 18.2 Å². The number of benzene rings is 1. The van der Waals surface area contributed by atoms with Crippen molar-refractivity contribution < 1.29 is 14.3 Å². The zero-order chi connectivity index (χ0) is 18.1. The summed E-state index contributed by atoms with van der Waals surface area (Å²) in [4.78, 5) is 12.5. The molecule has 0 saturated carbocycles. The summed E-state index contributed by atoms with van der Waals surface area (Å²) in [5, 5.41) is 12.4. The number of rotatable bonds is 10. The highest BCUT2D eigenvalue weighted by molar-refractivity contribution is 7.15. The summed E-state index contributed by atoms with van der Waals surface area (Å²) < 4.78 is 11.2. The van der Waals surface area contributed by atoms with Gasteiger partial charge in [-0.3, -0.25) is 10.1 Å². The number of nitrogens with zero attached hydrogens (tertiary/aromatic N) is 2. The summed E-state index contributed by atoms with van der Waals surface area (Å²) in [5.41, 5.74) is 0.498. The lowest BCUT2D eigenvalue weighted by molar-refractivity contribution is 0.102. The van der Waals surface area contributed by atoms with Crippen molar-refractivity contribution >= 4 is 22.4 Å². The number of ether oxygens (including phenoxy) is 2. The van der Waals surface area contributed by atoms with Crippen molar-refractivity contribution in [3.05, 3.63) is 28.8 Å². The molecule has 0 aliphatic carbocycles. The van der Waals surface area contributed by atoms with Gasteiger partial charge in [-0.2, -0.15) is 0 Å². The summed E-state index contributed by atoms with van der Waals surface area (Å²) in [6.07, 6.45) is 3.97. The van der Waals surface area contributed by atoms with Gasteiger partial charge in [0, 0.05) is 12.0 Å². The number of aromatic nitrogens is 2. The Morgan fingerprint density at radius 1 is 1.12 bits per heavy atom. The Morgan fingerprint density at radius 2 is 1.96 bits per heavy atom. The lowest BCUT2D eigenvalue weighted by atomic mass is 10.2. The number of anilines is 1. The first-order valence-electron chi connectivity index (χ1n) is 8.71. The monoisotopic (exact) mass is 363 g/mol. The topological polar surface area (TPSA) is 73.3 Å². The van der Waals surface area contributed by atoms with E-state index in [0.29, 0.717) is 35.4 Å². The van der Waals surface area contributed by atoms with Crippen LogP contribution in [0.4, 0.5) is 5.13 Å². The smallest absolute Gasteiger partial charge is 0.257 e. The lowest BCUT2D eigenvalue weighted by Crippen LogP contribution is -2.12. The van der Waals surface area contributed by atoms with Gasteiger partial charge < -0.3 is 9.47 Å². The molecule has 0 spiro atoms. The number of carbonyl (C=O) groups excluding carboxylic acids is 1. The minimum atomic E-state index is -0.235. The van der Waals surface area contributed by atoms with E-state index in [2.05, 4.69) is 22.4 Å². The molecule has 7 heteroatoms. The van der Waals surface area contributed by atoms with Gasteiger partial charge in [-0.05, 0) is 38.0 Å². The molecule has 1 aromatic heterocycles. The molecule has 2 rings (SSSR count). The van der Waals surface area contributed by atoms with E-state index in [-0.39, 0.29) is 5.91 Å². The van der Waals surface area contributed by atoms with E-state index in [4.69, 9.17) is 9.47 Å². The number of nitrogens with one attached hydrogen (secondary N) is 1. The summed E-state index contributed by atoms with van der Waals surface area (Å²) in [5.74, 6) is 0.990. The van der Waals surface area contributed by atoms with E-state index in [1.165, 1.54) is 11.3 Å². The van der Waals surface area contributed by atoms with Crippen LogP contribution in [0.5, 0.6) is 11.5 Å². The summed E-state index contributed by atoms with van der Waals surface area (Å²) in [7, 11) is 0. The van der Waals surface area contributed by atoms with Gasteiger partial charge in [-0.25, -0.2) is 0 Å². The highest BCUT2D eigenvalue weighted by Gasteiger charge is 2.14. The van der Waals surface area contributed by atoms with Crippen LogP contribution in [-0.2, 0) is 6.42 Å². The van der Waals surface area contributed by atoms with Crippen molar-refractivity contribution in [2.45, 2.75) is 46.5 Å². The Kier molecular flexibility index (Phi) is 7.66. The first kappa shape index (κ1) is 19.2. The minimum Gasteiger partial charge on any atom is -0.490 e. The molecule has 1 N–H and O–H groups in total. The van der Waals surface area contributed by atoms with Gasteiger partial charge in [0.1, 0.15) is 5.01 Å². The summed E-state index contributed by atoms with van der Waals surface area (Å²) >= 11 is 1.41. The van der Waals surface area contributed by atoms with Crippen LogP contribution in [0, 0.1) is 0 Å². The first-order valence-corrected chi connectivity index (χ1v) is 9.52. The van der Waals surface area contributed by atoms with Crippen molar-refractivity contribution in [3.8, 4) is 11.5 Å². The van der Waals surface area contributed by atoms with E-state index < -0.39 is 0 Å². The highest BCUT2D eigenvalue weighted by Crippen LogP contribution is 2.29. The van der Waals surface area contributed by atoms with E-state index >= 15 is 0 Å². The zero-order valence-corrected chi connectivity index (χ0v) is 15.8. The van der Waals surface area contributed by atoms with Gasteiger partial charge >= 0.3 is 0 Å². The van der Waals surface area contributed by atoms with Crippen molar-refractivity contribution in [2.75, 3.05) is 18.5 Å². The number of amides is 1. The fraction of sp³-hybridized carbons (Fsp3) is 0.500.